The van der Waals surface area contributed by atoms with Crippen LogP contribution in [-0.4, -0.2) is 19.5 Å². The number of aryl methyl sites for hydroxylation is 1. The number of ether oxygens (including phenoxy) is 1. The molecule has 0 radical (unpaired) electrons. The summed E-state index contributed by atoms with van der Waals surface area (Å²) >= 11 is 1.66. The Morgan fingerprint density at radius 1 is 1.67 bits per heavy atom. The highest BCUT2D eigenvalue weighted by molar-refractivity contribution is 7.07. The van der Waals surface area contributed by atoms with Gasteiger partial charge >= 0.3 is 0 Å². The Bertz CT molecular complexity index is 229. The lowest BCUT2D eigenvalue weighted by Crippen LogP contribution is -2.06. The van der Waals surface area contributed by atoms with E-state index in [1.165, 1.54) is 5.56 Å². The van der Waals surface area contributed by atoms with Crippen molar-refractivity contribution in [1.29, 1.82) is 0 Å². The second kappa shape index (κ2) is 5.06. The van der Waals surface area contributed by atoms with Gasteiger partial charge in [0.05, 0.1) is 0 Å². The molecule has 3 heteroatoms. The molecule has 1 aromatic rings. The first kappa shape index (κ1) is 9.42. The standard InChI is InChI=1S/C9H12O2S/c1-11-6-9(10)3-2-8-4-5-12-7-8/h4-5,7H,2-3,6H2,1H3. The van der Waals surface area contributed by atoms with Gasteiger partial charge in [0.25, 0.3) is 0 Å². The summed E-state index contributed by atoms with van der Waals surface area (Å²) in [6.45, 7) is 0.240. The Balaban J connectivity index is 2.22. The van der Waals surface area contributed by atoms with Crippen LogP contribution in [0.2, 0.25) is 0 Å². The van der Waals surface area contributed by atoms with Gasteiger partial charge in [-0.15, -0.1) is 0 Å². The van der Waals surface area contributed by atoms with Crippen molar-refractivity contribution >= 4 is 17.1 Å². The Kier molecular flexibility index (Phi) is 3.97. The predicted octanol–water partition coefficient (Wildman–Crippen LogP) is 1.90. The third kappa shape index (κ3) is 3.15. The molecule has 0 amide bonds. The number of thiophene rings is 1. The van der Waals surface area contributed by atoms with Gasteiger partial charge in [-0.1, -0.05) is 0 Å². The molecule has 0 atom stereocenters. The molecule has 0 unspecified atom stereocenters. The van der Waals surface area contributed by atoms with Crippen LogP contribution in [0.3, 0.4) is 0 Å². The second-order valence-corrected chi connectivity index (χ2v) is 3.38. The van der Waals surface area contributed by atoms with E-state index in [4.69, 9.17) is 4.74 Å². The maximum absolute atomic E-state index is 11.0. The quantitative estimate of drug-likeness (QED) is 0.698. The summed E-state index contributed by atoms with van der Waals surface area (Å²) in [6, 6.07) is 2.05. The van der Waals surface area contributed by atoms with E-state index >= 15 is 0 Å². The van der Waals surface area contributed by atoms with Crippen molar-refractivity contribution < 1.29 is 9.53 Å². The van der Waals surface area contributed by atoms with Crippen LogP contribution < -0.4 is 0 Å². The van der Waals surface area contributed by atoms with Gasteiger partial charge in [-0.2, -0.15) is 11.3 Å². The fourth-order valence-electron chi connectivity index (χ4n) is 0.952. The molecule has 0 aromatic carbocycles. The van der Waals surface area contributed by atoms with Crippen molar-refractivity contribution in [2.75, 3.05) is 13.7 Å². The van der Waals surface area contributed by atoms with E-state index < -0.39 is 0 Å². The highest BCUT2D eigenvalue weighted by Gasteiger charge is 2.01. The Labute approximate surface area is 76.2 Å². The van der Waals surface area contributed by atoms with Crippen molar-refractivity contribution in [2.24, 2.45) is 0 Å². The van der Waals surface area contributed by atoms with Crippen molar-refractivity contribution in [3.8, 4) is 0 Å². The van der Waals surface area contributed by atoms with Crippen LogP contribution in [0.15, 0.2) is 16.8 Å². The number of Topliss-reactive ketones (excluding diaryl/α,β-unsaturated/α-hetero) is 1. The van der Waals surface area contributed by atoms with Gasteiger partial charge in [0.1, 0.15) is 6.61 Å². The molecule has 0 saturated carbocycles. The summed E-state index contributed by atoms with van der Waals surface area (Å²) in [5, 5.41) is 4.09. The lowest BCUT2D eigenvalue weighted by molar-refractivity contribution is -0.122. The lowest BCUT2D eigenvalue weighted by atomic mass is 10.1. The number of rotatable bonds is 5. The minimum Gasteiger partial charge on any atom is -0.377 e. The molecule has 0 fully saturated rings. The molecule has 66 valence electrons. The van der Waals surface area contributed by atoms with E-state index in [2.05, 4.69) is 5.38 Å². The van der Waals surface area contributed by atoms with Crippen LogP contribution in [0, 0.1) is 0 Å². The van der Waals surface area contributed by atoms with E-state index in [0.717, 1.165) is 6.42 Å². The van der Waals surface area contributed by atoms with Gasteiger partial charge in [0.2, 0.25) is 0 Å². The molecular weight excluding hydrogens is 172 g/mol. The summed E-state index contributed by atoms with van der Waals surface area (Å²) in [4.78, 5) is 11.0. The molecule has 1 rings (SSSR count). The molecule has 0 aliphatic rings. The molecular formula is C9H12O2S. The van der Waals surface area contributed by atoms with Crippen molar-refractivity contribution in [3.05, 3.63) is 22.4 Å². The smallest absolute Gasteiger partial charge is 0.158 e. The lowest BCUT2D eigenvalue weighted by Gasteiger charge is -1.97. The van der Waals surface area contributed by atoms with Gasteiger partial charge in [-0.3, -0.25) is 4.79 Å². The van der Waals surface area contributed by atoms with Crippen LogP contribution in [-0.2, 0) is 16.0 Å². The number of methoxy groups -OCH3 is 1. The van der Waals surface area contributed by atoms with Crippen LogP contribution in [0.25, 0.3) is 0 Å². The fraction of sp³-hybridized carbons (Fsp3) is 0.444. The van der Waals surface area contributed by atoms with Crippen LogP contribution >= 0.6 is 11.3 Å². The average molecular weight is 184 g/mol. The maximum Gasteiger partial charge on any atom is 0.158 e. The first-order chi connectivity index (χ1) is 5.83. The number of carbonyl (C=O) groups excluding carboxylic acids is 1. The Morgan fingerprint density at radius 3 is 3.08 bits per heavy atom. The summed E-state index contributed by atoms with van der Waals surface area (Å²) in [6.07, 6.45) is 1.43. The topological polar surface area (TPSA) is 26.3 Å². The molecule has 0 aliphatic carbocycles. The highest BCUT2D eigenvalue weighted by Crippen LogP contribution is 2.08. The molecule has 2 nitrogen and oxygen atoms in total. The van der Waals surface area contributed by atoms with E-state index in [0.29, 0.717) is 6.42 Å². The fourth-order valence-corrected chi connectivity index (χ4v) is 1.65. The number of hydrogen-bond acceptors (Lipinski definition) is 3. The van der Waals surface area contributed by atoms with Gasteiger partial charge in [0, 0.05) is 13.5 Å². The Morgan fingerprint density at radius 2 is 2.50 bits per heavy atom. The zero-order valence-electron chi connectivity index (χ0n) is 7.08. The minimum absolute atomic E-state index is 0.170. The normalized spacial score (nSPS) is 10.1. The van der Waals surface area contributed by atoms with Gasteiger partial charge in [0.15, 0.2) is 5.78 Å². The third-order valence-corrected chi connectivity index (χ3v) is 2.31. The van der Waals surface area contributed by atoms with E-state index in [1.54, 1.807) is 18.4 Å². The highest BCUT2D eigenvalue weighted by atomic mass is 32.1. The minimum atomic E-state index is 0.170. The SMILES string of the molecule is COCC(=O)CCc1ccsc1. The van der Waals surface area contributed by atoms with E-state index in [-0.39, 0.29) is 12.4 Å². The molecule has 1 heterocycles. The van der Waals surface area contributed by atoms with Gasteiger partial charge in [-0.05, 0) is 28.8 Å². The molecule has 0 N–H and O–H groups in total. The maximum atomic E-state index is 11.0. The predicted molar refractivity (Wildman–Crippen MR) is 49.5 cm³/mol. The van der Waals surface area contributed by atoms with Crippen molar-refractivity contribution in [3.63, 3.8) is 0 Å². The second-order valence-electron chi connectivity index (χ2n) is 2.60. The first-order valence-corrected chi connectivity index (χ1v) is 4.79. The van der Waals surface area contributed by atoms with Crippen LogP contribution in [0.5, 0.6) is 0 Å². The van der Waals surface area contributed by atoms with Crippen molar-refractivity contribution in [2.45, 2.75) is 12.8 Å². The number of carbonyl (C=O) groups is 1. The first-order valence-electron chi connectivity index (χ1n) is 3.84. The molecule has 0 bridgehead atoms. The number of ketones is 1. The third-order valence-electron chi connectivity index (χ3n) is 1.58. The van der Waals surface area contributed by atoms with Crippen molar-refractivity contribution in [1.82, 2.24) is 0 Å². The van der Waals surface area contributed by atoms with E-state index in [9.17, 15) is 4.79 Å². The summed E-state index contributed by atoms with van der Waals surface area (Å²) < 4.78 is 4.73. The monoisotopic (exact) mass is 184 g/mol. The summed E-state index contributed by atoms with van der Waals surface area (Å²) in [5.74, 6) is 0.170. The zero-order chi connectivity index (χ0) is 8.81. The average Bonchev–Trinajstić information content (AvgIpc) is 2.53. The van der Waals surface area contributed by atoms with E-state index in [1.807, 2.05) is 11.4 Å². The molecule has 0 spiro atoms. The molecule has 12 heavy (non-hydrogen) atoms. The summed E-state index contributed by atoms with van der Waals surface area (Å²) in [5.41, 5.74) is 1.24. The molecule has 1 aromatic heterocycles. The largest absolute Gasteiger partial charge is 0.377 e. The van der Waals surface area contributed by atoms with Gasteiger partial charge < -0.3 is 4.74 Å². The number of hydrogen-bond donors (Lipinski definition) is 0. The summed E-state index contributed by atoms with van der Waals surface area (Å²) in [7, 11) is 1.54. The Hall–Kier alpha value is -0.670. The van der Waals surface area contributed by atoms with Crippen LogP contribution in [0.1, 0.15) is 12.0 Å². The molecule has 0 aliphatic heterocycles. The van der Waals surface area contributed by atoms with Gasteiger partial charge in [-0.25, -0.2) is 0 Å². The van der Waals surface area contributed by atoms with Crippen LogP contribution in [0.4, 0.5) is 0 Å². The zero-order valence-corrected chi connectivity index (χ0v) is 7.89. The molecule has 0 saturated heterocycles.